The Morgan fingerprint density at radius 3 is 3.12 bits per heavy atom. The normalized spacial score (nSPS) is 10.1. The van der Waals surface area contributed by atoms with Gasteiger partial charge < -0.3 is 13.9 Å². The van der Waals surface area contributed by atoms with Crippen LogP contribution in [0.1, 0.15) is 5.76 Å². The summed E-state index contributed by atoms with van der Waals surface area (Å²) in [5, 5.41) is 0. The van der Waals surface area contributed by atoms with Gasteiger partial charge in [-0.15, -0.1) is 0 Å². The fraction of sp³-hybridized carbons (Fsp3) is 0.167. The molecule has 82 valence electrons. The van der Waals surface area contributed by atoms with E-state index in [-0.39, 0.29) is 6.42 Å². The first kappa shape index (κ1) is 10.4. The van der Waals surface area contributed by atoms with Gasteiger partial charge in [-0.3, -0.25) is 0 Å². The van der Waals surface area contributed by atoms with E-state index in [1.54, 1.807) is 13.3 Å². The van der Waals surface area contributed by atoms with Crippen molar-refractivity contribution in [3.05, 3.63) is 36.2 Å². The van der Waals surface area contributed by atoms with Crippen LogP contribution in [0.15, 0.2) is 34.9 Å². The first-order valence-corrected chi connectivity index (χ1v) is 4.86. The van der Waals surface area contributed by atoms with Gasteiger partial charge in [-0.05, 0) is 18.2 Å². The van der Waals surface area contributed by atoms with Crippen LogP contribution >= 0.6 is 0 Å². The zero-order valence-electron chi connectivity index (χ0n) is 8.84. The molecule has 0 spiro atoms. The molecule has 1 heterocycles. The molecule has 0 amide bonds. The predicted octanol–water partition coefficient (Wildman–Crippen LogP) is 2.09. The number of oxazole rings is 1. The van der Waals surface area contributed by atoms with E-state index in [1.807, 2.05) is 24.3 Å². The summed E-state index contributed by atoms with van der Waals surface area (Å²) in [6.45, 7) is 0. The lowest BCUT2D eigenvalue weighted by Gasteiger charge is -2.00. The third kappa shape index (κ3) is 2.11. The lowest BCUT2D eigenvalue weighted by molar-refractivity contribution is -0.107. The number of hydrogen-bond acceptors (Lipinski definition) is 4. The van der Waals surface area contributed by atoms with Crippen molar-refractivity contribution in [2.75, 3.05) is 7.11 Å². The molecule has 0 unspecified atom stereocenters. The number of nitrogens with zero attached hydrogens (tertiary/aromatic N) is 1. The van der Waals surface area contributed by atoms with E-state index in [9.17, 15) is 4.79 Å². The van der Waals surface area contributed by atoms with Crippen LogP contribution in [0.4, 0.5) is 0 Å². The van der Waals surface area contributed by atoms with Crippen molar-refractivity contribution in [1.29, 1.82) is 0 Å². The molecule has 0 fully saturated rings. The smallest absolute Gasteiger partial charge is 0.226 e. The number of benzene rings is 1. The van der Waals surface area contributed by atoms with Gasteiger partial charge in [-0.2, -0.15) is 0 Å². The van der Waals surface area contributed by atoms with Crippen LogP contribution in [0, 0.1) is 0 Å². The van der Waals surface area contributed by atoms with E-state index in [0.29, 0.717) is 11.7 Å². The second-order valence-corrected chi connectivity index (χ2v) is 3.23. The standard InChI is InChI=1S/C12H11NO3/c1-15-10-4-2-3-9(7-10)12-13-8-11(16-12)5-6-14/h2-4,6-8H,5H2,1H3. The molecule has 0 bridgehead atoms. The molecule has 0 aliphatic carbocycles. The minimum Gasteiger partial charge on any atom is -0.497 e. The fourth-order valence-electron chi connectivity index (χ4n) is 1.37. The van der Waals surface area contributed by atoms with E-state index in [4.69, 9.17) is 9.15 Å². The largest absolute Gasteiger partial charge is 0.497 e. The highest BCUT2D eigenvalue weighted by Gasteiger charge is 2.06. The third-order valence-corrected chi connectivity index (χ3v) is 2.15. The Labute approximate surface area is 92.9 Å². The minimum atomic E-state index is 0.247. The second-order valence-electron chi connectivity index (χ2n) is 3.23. The van der Waals surface area contributed by atoms with Gasteiger partial charge in [0.25, 0.3) is 0 Å². The first-order chi connectivity index (χ1) is 7.83. The van der Waals surface area contributed by atoms with Gasteiger partial charge in [0.2, 0.25) is 5.89 Å². The van der Waals surface area contributed by atoms with Crippen LogP contribution in [0.2, 0.25) is 0 Å². The van der Waals surface area contributed by atoms with E-state index >= 15 is 0 Å². The van der Waals surface area contributed by atoms with Crippen molar-refractivity contribution in [3.8, 4) is 17.2 Å². The van der Waals surface area contributed by atoms with Gasteiger partial charge in [-0.1, -0.05) is 6.07 Å². The number of methoxy groups -OCH3 is 1. The molecule has 4 nitrogen and oxygen atoms in total. The van der Waals surface area contributed by atoms with Crippen LogP contribution in [0.25, 0.3) is 11.5 Å². The lowest BCUT2D eigenvalue weighted by Crippen LogP contribution is -1.83. The minimum absolute atomic E-state index is 0.247. The highest BCUT2D eigenvalue weighted by atomic mass is 16.5. The maximum atomic E-state index is 10.3. The summed E-state index contributed by atoms with van der Waals surface area (Å²) in [6.07, 6.45) is 2.59. The topological polar surface area (TPSA) is 52.3 Å². The molecule has 2 rings (SSSR count). The summed E-state index contributed by atoms with van der Waals surface area (Å²) >= 11 is 0. The summed E-state index contributed by atoms with van der Waals surface area (Å²) in [4.78, 5) is 14.4. The summed E-state index contributed by atoms with van der Waals surface area (Å²) < 4.78 is 10.5. The first-order valence-electron chi connectivity index (χ1n) is 4.86. The zero-order valence-corrected chi connectivity index (χ0v) is 8.84. The molecule has 4 heteroatoms. The van der Waals surface area contributed by atoms with Crippen LogP contribution in [-0.4, -0.2) is 18.4 Å². The molecule has 0 atom stereocenters. The quantitative estimate of drug-likeness (QED) is 0.736. The van der Waals surface area contributed by atoms with E-state index in [1.165, 1.54) is 0 Å². The van der Waals surface area contributed by atoms with Crippen LogP contribution in [0.5, 0.6) is 5.75 Å². The molecular formula is C12H11NO3. The highest BCUT2D eigenvalue weighted by molar-refractivity contribution is 5.57. The molecule has 0 saturated heterocycles. The number of aromatic nitrogens is 1. The van der Waals surface area contributed by atoms with Gasteiger partial charge in [0.1, 0.15) is 17.8 Å². The SMILES string of the molecule is COc1cccc(-c2ncc(CC=O)o2)c1. The molecule has 0 radical (unpaired) electrons. The Bertz CT molecular complexity index is 491. The number of hydrogen-bond donors (Lipinski definition) is 0. The van der Waals surface area contributed by atoms with E-state index in [2.05, 4.69) is 4.98 Å². The third-order valence-electron chi connectivity index (χ3n) is 2.15. The Morgan fingerprint density at radius 2 is 2.38 bits per heavy atom. The molecular weight excluding hydrogens is 206 g/mol. The number of carbonyl (C=O) groups excluding carboxylic acids is 1. The van der Waals surface area contributed by atoms with Crippen LogP contribution in [0.3, 0.4) is 0 Å². The Morgan fingerprint density at radius 1 is 1.50 bits per heavy atom. The number of rotatable bonds is 4. The number of carbonyl (C=O) groups is 1. The van der Waals surface area contributed by atoms with E-state index in [0.717, 1.165) is 17.6 Å². The summed E-state index contributed by atoms with van der Waals surface area (Å²) in [5.41, 5.74) is 0.830. The maximum Gasteiger partial charge on any atom is 0.226 e. The number of aldehydes is 1. The molecule has 0 saturated carbocycles. The zero-order chi connectivity index (χ0) is 11.4. The molecule has 0 aliphatic heterocycles. The van der Waals surface area contributed by atoms with Gasteiger partial charge in [0, 0.05) is 5.56 Å². The van der Waals surface area contributed by atoms with Crippen molar-refractivity contribution >= 4 is 6.29 Å². The Hall–Kier alpha value is -2.10. The van der Waals surface area contributed by atoms with Crippen LogP contribution in [-0.2, 0) is 11.2 Å². The second kappa shape index (κ2) is 4.61. The van der Waals surface area contributed by atoms with Gasteiger partial charge in [0.05, 0.1) is 19.7 Å². The molecule has 1 aromatic carbocycles. The van der Waals surface area contributed by atoms with Crippen molar-refractivity contribution in [3.63, 3.8) is 0 Å². The van der Waals surface area contributed by atoms with Gasteiger partial charge in [0.15, 0.2) is 0 Å². The average molecular weight is 217 g/mol. The molecule has 16 heavy (non-hydrogen) atoms. The summed E-state index contributed by atoms with van der Waals surface area (Å²) in [7, 11) is 1.60. The van der Waals surface area contributed by atoms with Gasteiger partial charge in [-0.25, -0.2) is 4.98 Å². The van der Waals surface area contributed by atoms with Crippen molar-refractivity contribution in [2.24, 2.45) is 0 Å². The molecule has 1 aromatic heterocycles. The van der Waals surface area contributed by atoms with Crippen molar-refractivity contribution < 1.29 is 13.9 Å². The van der Waals surface area contributed by atoms with Gasteiger partial charge >= 0.3 is 0 Å². The lowest BCUT2D eigenvalue weighted by atomic mass is 10.2. The maximum absolute atomic E-state index is 10.3. The number of ether oxygens (including phenoxy) is 1. The molecule has 0 N–H and O–H groups in total. The van der Waals surface area contributed by atoms with Crippen molar-refractivity contribution in [1.82, 2.24) is 4.98 Å². The van der Waals surface area contributed by atoms with E-state index < -0.39 is 0 Å². The fourth-order valence-corrected chi connectivity index (χ4v) is 1.37. The van der Waals surface area contributed by atoms with Crippen molar-refractivity contribution in [2.45, 2.75) is 6.42 Å². The molecule has 0 aliphatic rings. The predicted molar refractivity (Wildman–Crippen MR) is 58.3 cm³/mol. The molecule has 2 aromatic rings. The average Bonchev–Trinajstić information content (AvgIpc) is 2.78. The summed E-state index contributed by atoms with van der Waals surface area (Å²) in [6, 6.07) is 7.41. The Balaban J connectivity index is 2.30. The Kier molecular flexibility index (Phi) is 3.00. The summed E-state index contributed by atoms with van der Waals surface area (Å²) in [5.74, 6) is 1.80. The highest BCUT2D eigenvalue weighted by Crippen LogP contribution is 2.23. The monoisotopic (exact) mass is 217 g/mol. The van der Waals surface area contributed by atoms with Crippen LogP contribution < -0.4 is 4.74 Å².